The van der Waals surface area contributed by atoms with Gasteiger partial charge in [-0.05, 0) is 54.9 Å². The molecule has 0 aromatic heterocycles. The van der Waals surface area contributed by atoms with Crippen LogP contribution >= 0.6 is 11.6 Å². The quantitative estimate of drug-likeness (QED) is 0.683. The van der Waals surface area contributed by atoms with E-state index in [-0.39, 0.29) is 5.97 Å². The predicted molar refractivity (Wildman–Crippen MR) is 91.0 cm³/mol. The van der Waals surface area contributed by atoms with Crippen molar-refractivity contribution in [1.82, 2.24) is 0 Å². The van der Waals surface area contributed by atoms with Gasteiger partial charge in [0.15, 0.2) is 0 Å². The van der Waals surface area contributed by atoms with Crippen LogP contribution in [0.2, 0.25) is 5.02 Å². The normalized spacial score (nSPS) is 10.1. The molecule has 21 heavy (non-hydrogen) atoms. The third kappa shape index (κ3) is 8.77. The highest BCUT2D eigenvalue weighted by atomic mass is 35.5. The molecule has 0 bridgehead atoms. The molecular formula is C18H29ClO2. The molecule has 0 spiro atoms. The van der Waals surface area contributed by atoms with E-state index in [4.69, 9.17) is 11.6 Å². The molecular weight excluding hydrogens is 284 g/mol. The van der Waals surface area contributed by atoms with Gasteiger partial charge in [0.25, 0.3) is 0 Å². The van der Waals surface area contributed by atoms with Crippen molar-refractivity contribution in [2.24, 2.45) is 5.92 Å². The number of halogens is 1. The highest BCUT2D eigenvalue weighted by Crippen LogP contribution is 2.24. The van der Waals surface area contributed by atoms with Crippen molar-refractivity contribution < 1.29 is 9.53 Å². The molecule has 1 aromatic carbocycles. The lowest BCUT2D eigenvalue weighted by molar-refractivity contribution is -0.137. The fourth-order valence-corrected chi connectivity index (χ4v) is 2.15. The molecule has 0 N–H and O–H groups in total. The summed E-state index contributed by atoms with van der Waals surface area (Å²) in [6.07, 6.45) is 4.78. The molecule has 0 saturated heterocycles. The SMILES string of the molecule is CCCc1cc(C)c(Cl)cc1CCC(C)C.COC(C)=O. The van der Waals surface area contributed by atoms with Gasteiger partial charge in [0, 0.05) is 11.9 Å². The Labute approximate surface area is 134 Å². The molecule has 0 atom stereocenters. The van der Waals surface area contributed by atoms with Crippen molar-refractivity contribution in [3.05, 3.63) is 33.8 Å². The fraction of sp³-hybridized carbons (Fsp3) is 0.611. The maximum atomic E-state index is 9.59. The van der Waals surface area contributed by atoms with Crippen molar-refractivity contribution >= 4 is 17.6 Å². The number of benzene rings is 1. The van der Waals surface area contributed by atoms with E-state index in [1.165, 1.54) is 50.0 Å². The van der Waals surface area contributed by atoms with Crippen molar-refractivity contribution in [3.63, 3.8) is 0 Å². The zero-order valence-corrected chi connectivity index (χ0v) is 15.0. The number of esters is 1. The van der Waals surface area contributed by atoms with Gasteiger partial charge in [-0.1, -0.05) is 44.9 Å². The minimum Gasteiger partial charge on any atom is -0.469 e. The van der Waals surface area contributed by atoms with E-state index in [9.17, 15) is 4.79 Å². The Balaban J connectivity index is 0.000000690. The van der Waals surface area contributed by atoms with Crippen LogP contribution in [0.15, 0.2) is 12.1 Å². The van der Waals surface area contributed by atoms with Gasteiger partial charge in [0.05, 0.1) is 7.11 Å². The van der Waals surface area contributed by atoms with Gasteiger partial charge in [0.1, 0.15) is 0 Å². The van der Waals surface area contributed by atoms with Gasteiger partial charge >= 0.3 is 5.97 Å². The van der Waals surface area contributed by atoms with Crippen LogP contribution in [-0.4, -0.2) is 13.1 Å². The van der Waals surface area contributed by atoms with Crippen LogP contribution in [0.5, 0.6) is 0 Å². The number of carbonyl (C=O) groups is 1. The molecule has 2 nitrogen and oxygen atoms in total. The van der Waals surface area contributed by atoms with Gasteiger partial charge in [-0.15, -0.1) is 0 Å². The molecule has 0 radical (unpaired) electrons. The zero-order valence-electron chi connectivity index (χ0n) is 14.3. The number of methoxy groups -OCH3 is 1. The molecule has 0 saturated carbocycles. The molecule has 120 valence electrons. The Kier molecular flexibility index (Phi) is 10.2. The third-order valence-corrected chi connectivity index (χ3v) is 3.69. The fourth-order valence-electron chi connectivity index (χ4n) is 1.96. The lowest BCUT2D eigenvalue weighted by atomic mass is 9.95. The summed E-state index contributed by atoms with van der Waals surface area (Å²) < 4.78 is 4.11. The topological polar surface area (TPSA) is 26.3 Å². The summed E-state index contributed by atoms with van der Waals surface area (Å²) >= 11 is 6.20. The largest absolute Gasteiger partial charge is 0.469 e. The van der Waals surface area contributed by atoms with E-state index in [2.05, 4.69) is 44.6 Å². The van der Waals surface area contributed by atoms with Crippen molar-refractivity contribution in [3.8, 4) is 0 Å². The monoisotopic (exact) mass is 312 g/mol. The minimum atomic E-state index is -0.245. The smallest absolute Gasteiger partial charge is 0.302 e. The summed E-state index contributed by atoms with van der Waals surface area (Å²) in [6.45, 7) is 10.2. The summed E-state index contributed by atoms with van der Waals surface area (Å²) in [4.78, 5) is 9.59. The minimum absolute atomic E-state index is 0.245. The lowest BCUT2D eigenvalue weighted by Gasteiger charge is -2.12. The Hall–Kier alpha value is -1.02. The third-order valence-electron chi connectivity index (χ3n) is 3.28. The van der Waals surface area contributed by atoms with Crippen molar-refractivity contribution in [1.29, 1.82) is 0 Å². The van der Waals surface area contributed by atoms with Crippen LogP contribution < -0.4 is 0 Å². The molecule has 0 fully saturated rings. The molecule has 0 unspecified atom stereocenters. The highest BCUT2D eigenvalue weighted by molar-refractivity contribution is 6.31. The summed E-state index contributed by atoms with van der Waals surface area (Å²) in [5.74, 6) is 0.513. The lowest BCUT2D eigenvalue weighted by Crippen LogP contribution is -1.99. The molecule has 1 aromatic rings. The van der Waals surface area contributed by atoms with E-state index in [0.29, 0.717) is 0 Å². The maximum absolute atomic E-state index is 9.59. The second-order valence-corrected chi connectivity index (χ2v) is 6.16. The second kappa shape index (κ2) is 10.7. The first kappa shape index (κ1) is 20.0. The average molecular weight is 313 g/mol. The van der Waals surface area contributed by atoms with Gasteiger partial charge in [-0.2, -0.15) is 0 Å². The molecule has 0 aliphatic heterocycles. The number of ether oxygens (including phenoxy) is 1. The van der Waals surface area contributed by atoms with E-state index in [1.54, 1.807) is 0 Å². The van der Waals surface area contributed by atoms with Crippen LogP contribution in [0.3, 0.4) is 0 Å². The Morgan fingerprint density at radius 2 is 1.76 bits per heavy atom. The van der Waals surface area contributed by atoms with E-state index in [1.807, 2.05) is 0 Å². The summed E-state index contributed by atoms with van der Waals surface area (Å²) in [6, 6.07) is 4.44. The molecule has 0 heterocycles. The van der Waals surface area contributed by atoms with Gasteiger partial charge in [0.2, 0.25) is 0 Å². The first-order valence-corrected chi connectivity index (χ1v) is 8.02. The van der Waals surface area contributed by atoms with Crippen molar-refractivity contribution in [2.75, 3.05) is 7.11 Å². The standard InChI is InChI=1S/C15H23Cl.C3H6O2/c1-5-6-13-9-12(4)15(16)10-14(13)8-7-11(2)3;1-3(4)5-2/h9-11H,5-8H2,1-4H3;1-2H3. The zero-order chi connectivity index (χ0) is 16.4. The van der Waals surface area contributed by atoms with Crippen LogP contribution in [0.1, 0.15) is 57.2 Å². The molecule has 0 aliphatic rings. The Morgan fingerprint density at radius 3 is 2.19 bits per heavy atom. The first-order valence-electron chi connectivity index (χ1n) is 7.64. The van der Waals surface area contributed by atoms with Crippen LogP contribution in [-0.2, 0) is 22.4 Å². The molecule has 0 aliphatic carbocycles. The predicted octanol–water partition coefficient (Wildman–Crippen LogP) is 5.37. The molecule has 3 heteroatoms. The van der Waals surface area contributed by atoms with E-state index < -0.39 is 0 Å². The number of aryl methyl sites for hydroxylation is 3. The number of hydrogen-bond donors (Lipinski definition) is 0. The molecule has 0 amide bonds. The van der Waals surface area contributed by atoms with Gasteiger partial charge < -0.3 is 4.74 Å². The Morgan fingerprint density at radius 1 is 1.24 bits per heavy atom. The van der Waals surface area contributed by atoms with Crippen LogP contribution in [0.4, 0.5) is 0 Å². The van der Waals surface area contributed by atoms with Gasteiger partial charge in [-0.25, -0.2) is 0 Å². The molecule has 1 rings (SSSR count). The van der Waals surface area contributed by atoms with Crippen LogP contribution in [0, 0.1) is 12.8 Å². The van der Waals surface area contributed by atoms with Crippen molar-refractivity contribution in [2.45, 2.75) is 60.3 Å². The van der Waals surface area contributed by atoms with E-state index >= 15 is 0 Å². The van der Waals surface area contributed by atoms with Gasteiger partial charge in [-0.3, -0.25) is 4.79 Å². The summed E-state index contributed by atoms with van der Waals surface area (Å²) in [5, 5.41) is 0.915. The first-order chi connectivity index (χ1) is 9.81. The van der Waals surface area contributed by atoms with Crippen LogP contribution in [0.25, 0.3) is 0 Å². The summed E-state index contributed by atoms with van der Waals surface area (Å²) in [7, 11) is 1.35. The maximum Gasteiger partial charge on any atom is 0.302 e. The number of carbonyl (C=O) groups excluding carboxylic acids is 1. The number of rotatable bonds is 5. The number of hydrogen-bond acceptors (Lipinski definition) is 2. The van der Waals surface area contributed by atoms with E-state index in [0.717, 1.165) is 17.4 Å². The summed E-state index contributed by atoms with van der Waals surface area (Å²) in [5.41, 5.74) is 4.15. The Bertz CT molecular complexity index is 439. The average Bonchev–Trinajstić information content (AvgIpc) is 2.42. The highest BCUT2D eigenvalue weighted by Gasteiger charge is 2.06. The second-order valence-electron chi connectivity index (χ2n) is 5.75.